The molecule has 0 spiro atoms. The van der Waals surface area contributed by atoms with Crippen molar-refractivity contribution in [3.05, 3.63) is 54.1 Å². The van der Waals surface area contributed by atoms with Gasteiger partial charge in [0.25, 0.3) is 5.91 Å². The summed E-state index contributed by atoms with van der Waals surface area (Å²) < 4.78 is 75.8. The quantitative estimate of drug-likeness (QED) is 0.456. The summed E-state index contributed by atoms with van der Waals surface area (Å²) in [6.45, 7) is 1.47. The molecular formula is C27H31F3N2O6S. The van der Waals surface area contributed by atoms with Crippen molar-refractivity contribution >= 4 is 15.7 Å². The second-order valence-electron chi connectivity index (χ2n) is 10.2. The van der Waals surface area contributed by atoms with Crippen LogP contribution in [-0.4, -0.2) is 56.0 Å². The number of alkyl halides is 3. The lowest BCUT2D eigenvalue weighted by atomic mass is 9.94. The minimum Gasteiger partial charge on any atom is -0.457 e. The molecule has 2 aromatic carbocycles. The normalized spacial score (nSPS) is 22.3. The third-order valence-corrected chi connectivity index (χ3v) is 10.1. The molecule has 1 amide bonds. The van der Waals surface area contributed by atoms with E-state index in [4.69, 9.17) is 14.3 Å². The Kier molecular flexibility index (Phi) is 7.91. The minimum atomic E-state index is -4.46. The van der Waals surface area contributed by atoms with Crippen molar-refractivity contribution in [3.8, 4) is 11.5 Å². The maximum Gasteiger partial charge on any atom is 0.416 e. The Balaban J connectivity index is 1.33. The van der Waals surface area contributed by atoms with Crippen LogP contribution < -0.4 is 10.2 Å². The first kappa shape index (κ1) is 27.9. The molecule has 39 heavy (non-hydrogen) atoms. The van der Waals surface area contributed by atoms with Crippen LogP contribution in [0.3, 0.4) is 0 Å². The van der Waals surface area contributed by atoms with Gasteiger partial charge in [0.2, 0.25) is 0 Å². The lowest BCUT2D eigenvalue weighted by molar-refractivity contribution is -0.202. The molecule has 1 N–H and O–H groups in total. The highest BCUT2D eigenvalue weighted by molar-refractivity contribution is 7.93. The molecule has 1 atom stereocenters. The van der Waals surface area contributed by atoms with Crippen molar-refractivity contribution in [1.29, 1.82) is 0 Å². The van der Waals surface area contributed by atoms with E-state index in [0.717, 1.165) is 37.8 Å². The molecule has 1 aliphatic carbocycles. The minimum absolute atomic E-state index is 0.0498. The van der Waals surface area contributed by atoms with E-state index in [1.807, 2.05) is 0 Å². The number of sulfone groups is 1. The molecule has 0 aromatic heterocycles. The zero-order chi connectivity index (χ0) is 27.7. The Morgan fingerprint density at radius 2 is 1.56 bits per heavy atom. The molecular weight excluding hydrogens is 537 g/mol. The first-order valence-electron chi connectivity index (χ1n) is 13.1. The Morgan fingerprint density at radius 1 is 0.949 bits per heavy atom. The van der Waals surface area contributed by atoms with Crippen LogP contribution in [0.15, 0.2) is 53.4 Å². The van der Waals surface area contributed by atoms with Gasteiger partial charge in [-0.1, -0.05) is 0 Å². The Hall–Kier alpha value is -2.67. The molecule has 3 fully saturated rings. The summed E-state index contributed by atoms with van der Waals surface area (Å²) in [5.74, 6) is -0.297. The highest BCUT2D eigenvalue weighted by atomic mass is 32.2. The highest BCUT2D eigenvalue weighted by Gasteiger charge is 2.54. The van der Waals surface area contributed by atoms with E-state index < -0.39 is 38.5 Å². The molecule has 0 bridgehead atoms. The summed E-state index contributed by atoms with van der Waals surface area (Å²) in [5.41, 5.74) is 1.59. The number of hydrogen-bond acceptors (Lipinski definition) is 7. The van der Waals surface area contributed by atoms with Gasteiger partial charge in [-0.25, -0.2) is 18.7 Å². The maximum atomic E-state index is 14.0. The molecule has 2 heterocycles. The second-order valence-corrected chi connectivity index (χ2v) is 12.5. The van der Waals surface area contributed by atoms with E-state index in [1.165, 1.54) is 36.4 Å². The number of benzene rings is 2. The summed E-state index contributed by atoms with van der Waals surface area (Å²) >= 11 is 0. The number of nitrogens with one attached hydrogen (secondary N) is 1. The number of carbonyl (C=O) groups is 1. The standard InChI is InChI=1S/C27H31F3N2O6S/c28-27(29,30)19-4-8-21(9-5-19)37-22-10-12-23(13-11-22)39(34,35)26(14-16-32(17-15-26)20-6-7-20)25(33)31-38-24-3-1-2-18-36-24/h4-5,8-13,20,24H,1-3,6-7,14-18H2,(H,31,33). The molecule has 1 saturated carbocycles. The fourth-order valence-corrected chi connectivity index (χ4v) is 7.04. The largest absolute Gasteiger partial charge is 0.457 e. The number of likely N-dealkylation sites (tertiary alicyclic amines) is 1. The predicted molar refractivity (Wildman–Crippen MR) is 135 cm³/mol. The molecule has 2 aliphatic heterocycles. The number of carbonyl (C=O) groups excluding carboxylic acids is 1. The Labute approximate surface area is 225 Å². The third-order valence-electron chi connectivity index (χ3n) is 7.57. The van der Waals surface area contributed by atoms with Crippen LogP contribution in [0.2, 0.25) is 0 Å². The van der Waals surface area contributed by atoms with Gasteiger partial charge < -0.3 is 14.4 Å². The smallest absolute Gasteiger partial charge is 0.416 e. The van der Waals surface area contributed by atoms with Gasteiger partial charge in [-0.15, -0.1) is 0 Å². The molecule has 5 rings (SSSR count). The summed E-state index contributed by atoms with van der Waals surface area (Å²) in [4.78, 5) is 21.1. The average Bonchev–Trinajstić information content (AvgIpc) is 3.78. The topological polar surface area (TPSA) is 94.2 Å². The number of hydrogen-bond donors (Lipinski definition) is 1. The van der Waals surface area contributed by atoms with Crippen molar-refractivity contribution < 1.29 is 40.7 Å². The molecule has 8 nitrogen and oxygen atoms in total. The van der Waals surface area contributed by atoms with Crippen LogP contribution in [0, 0.1) is 0 Å². The monoisotopic (exact) mass is 568 g/mol. The van der Waals surface area contributed by atoms with E-state index in [-0.39, 0.29) is 29.2 Å². The number of hydroxylamine groups is 1. The number of rotatable bonds is 8. The number of piperidine rings is 1. The molecule has 1 unspecified atom stereocenters. The van der Waals surface area contributed by atoms with E-state index in [0.29, 0.717) is 32.2 Å². The SMILES string of the molecule is O=C(NOC1CCCCO1)C1(S(=O)(=O)c2ccc(Oc3ccc(C(F)(F)F)cc3)cc2)CCN(C2CC2)CC1. The molecule has 2 aromatic rings. The zero-order valence-electron chi connectivity index (χ0n) is 21.3. The number of halogens is 3. The van der Waals surface area contributed by atoms with Crippen molar-refractivity contribution in [1.82, 2.24) is 10.4 Å². The van der Waals surface area contributed by atoms with Crippen LogP contribution >= 0.6 is 0 Å². The molecule has 12 heteroatoms. The fourth-order valence-electron chi connectivity index (χ4n) is 5.08. The van der Waals surface area contributed by atoms with Crippen molar-refractivity contribution in [2.45, 2.75) is 73.1 Å². The number of ether oxygens (including phenoxy) is 2. The maximum absolute atomic E-state index is 14.0. The zero-order valence-corrected chi connectivity index (χ0v) is 22.1. The van der Waals surface area contributed by atoms with Gasteiger partial charge in [-0.3, -0.25) is 4.79 Å². The highest BCUT2D eigenvalue weighted by Crippen LogP contribution is 2.40. The van der Waals surface area contributed by atoms with Crippen LogP contribution in [0.1, 0.15) is 50.5 Å². The summed E-state index contributed by atoms with van der Waals surface area (Å²) in [5, 5.41) is 0. The van der Waals surface area contributed by atoms with Crippen LogP contribution in [0.4, 0.5) is 13.2 Å². The number of amides is 1. The fraction of sp³-hybridized carbons (Fsp3) is 0.519. The van der Waals surface area contributed by atoms with Crippen molar-refractivity contribution in [2.24, 2.45) is 0 Å². The second kappa shape index (κ2) is 11.1. The first-order chi connectivity index (χ1) is 18.6. The van der Waals surface area contributed by atoms with Gasteiger partial charge in [0, 0.05) is 32.2 Å². The van der Waals surface area contributed by atoms with Crippen LogP contribution in [0.25, 0.3) is 0 Å². The Morgan fingerprint density at radius 3 is 2.10 bits per heavy atom. The average molecular weight is 569 g/mol. The van der Waals surface area contributed by atoms with Gasteiger partial charge >= 0.3 is 6.18 Å². The van der Waals surface area contributed by atoms with Crippen molar-refractivity contribution in [3.63, 3.8) is 0 Å². The van der Waals surface area contributed by atoms with E-state index in [2.05, 4.69) is 10.4 Å². The lowest BCUT2D eigenvalue weighted by Crippen LogP contribution is -2.58. The van der Waals surface area contributed by atoms with Gasteiger partial charge in [0.05, 0.1) is 10.5 Å². The van der Waals surface area contributed by atoms with Crippen LogP contribution in [0.5, 0.6) is 11.5 Å². The summed E-state index contributed by atoms with van der Waals surface area (Å²) in [6, 6.07) is 10.2. The third kappa shape index (κ3) is 6.08. The molecule has 0 radical (unpaired) electrons. The van der Waals surface area contributed by atoms with E-state index in [1.54, 1.807) is 0 Å². The van der Waals surface area contributed by atoms with Crippen LogP contribution in [-0.2, 0) is 30.4 Å². The van der Waals surface area contributed by atoms with Gasteiger partial charge in [-0.05, 0) is 87.1 Å². The number of nitrogens with zero attached hydrogens (tertiary/aromatic N) is 1. The van der Waals surface area contributed by atoms with Gasteiger partial charge in [0.15, 0.2) is 20.9 Å². The molecule has 3 aliphatic rings. The molecule has 212 valence electrons. The van der Waals surface area contributed by atoms with E-state index >= 15 is 0 Å². The van der Waals surface area contributed by atoms with Gasteiger partial charge in [-0.2, -0.15) is 13.2 Å². The lowest BCUT2D eigenvalue weighted by Gasteiger charge is -2.40. The first-order valence-corrected chi connectivity index (χ1v) is 14.6. The Bertz CT molecular complexity index is 1250. The summed E-state index contributed by atoms with van der Waals surface area (Å²) in [6.07, 6.45) is -0.273. The van der Waals surface area contributed by atoms with E-state index in [9.17, 15) is 26.4 Å². The molecule has 2 saturated heterocycles. The summed E-state index contributed by atoms with van der Waals surface area (Å²) in [7, 11) is -4.16. The van der Waals surface area contributed by atoms with Gasteiger partial charge in [0.1, 0.15) is 11.5 Å². The predicted octanol–water partition coefficient (Wildman–Crippen LogP) is 4.84. The van der Waals surface area contributed by atoms with Crippen molar-refractivity contribution in [2.75, 3.05) is 19.7 Å².